The van der Waals surface area contributed by atoms with Crippen LogP contribution in [0.3, 0.4) is 0 Å². The third-order valence-corrected chi connectivity index (χ3v) is 5.60. The quantitative estimate of drug-likeness (QED) is 0.386. The molecule has 0 bridgehead atoms. The molecule has 3 fully saturated rings. The first-order valence-electron chi connectivity index (χ1n) is 7.94. The van der Waals surface area contributed by atoms with Gasteiger partial charge in [-0.25, -0.2) is 0 Å². The lowest BCUT2D eigenvalue weighted by Crippen LogP contribution is -3.00. The summed E-state index contributed by atoms with van der Waals surface area (Å²) < 4.78 is 2.83. The van der Waals surface area contributed by atoms with Gasteiger partial charge in [0.05, 0.1) is 26.2 Å². The summed E-state index contributed by atoms with van der Waals surface area (Å²) in [4.78, 5) is 0. The number of rotatable bonds is 0. The highest BCUT2D eigenvalue weighted by Crippen LogP contribution is 2.22. The van der Waals surface area contributed by atoms with Crippen molar-refractivity contribution in [3.05, 3.63) is 0 Å². The second-order valence-electron chi connectivity index (χ2n) is 6.68. The molecule has 0 aliphatic carbocycles. The van der Waals surface area contributed by atoms with Crippen molar-refractivity contribution in [3.8, 4) is 0 Å². The smallest absolute Gasteiger partial charge is 0.129 e. The Bertz CT molecular complexity index is 232. The Morgan fingerprint density at radius 3 is 1.25 bits per heavy atom. The molecule has 3 saturated heterocycles. The van der Waals surface area contributed by atoms with Gasteiger partial charge in [-0.15, -0.1) is 0 Å². The predicted octanol–water partition coefficient (Wildman–Crippen LogP) is -6.37. The van der Waals surface area contributed by atoms with E-state index in [1.807, 2.05) is 0 Å². The Labute approximate surface area is 145 Å². The molecule has 0 radical (unpaired) electrons. The molecule has 0 aromatic rings. The maximum atomic E-state index is 3.57. The number of halogens is 2. The molecule has 0 aromatic heterocycles. The Hall–Kier alpha value is 0.800. The summed E-state index contributed by atoms with van der Waals surface area (Å²) in [5.74, 6) is 0. The van der Waals surface area contributed by atoms with E-state index in [-0.39, 0.29) is 34.0 Å². The normalized spacial score (nSPS) is 38.4. The van der Waals surface area contributed by atoms with Crippen molar-refractivity contribution in [1.29, 1.82) is 0 Å². The van der Waals surface area contributed by atoms with Crippen molar-refractivity contribution < 1.29 is 42.9 Å². The Morgan fingerprint density at radius 1 is 0.450 bits per heavy atom. The van der Waals surface area contributed by atoms with Crippen LogP contribution in [0.2, 0.25) is 0 Å². The highest BCUT2D eigenvalue weighted by molar-refractivity contribution is 4.64. The molecule has 0 unspecified atom stereocenters. The van der Waals surface area contributed by atoms with Crippen LogP contribution in [0.15, 0.2) is 0 Å². The average molecular weight is 414 g/mol. The van der Waals surface area contributed by atoms with Crippen LogP contribution in [0.25, 0.3) is 0 Å². The van der Waals surface area contributed by atoms with Gasteiger partial charge in [-0.1, -0.05) is 0 Å². The van der Waals surface area contributed by atoms with E-state index < -0.39 is 0 Å². The Kier molecular flexibility index (Phi) is 7.95. The molecule has 120 valence electrons. The largest absolute Gasteiger partial charge is 1.00 e. The van der Waals surface area contributed by atoms with Gasteiger partial charge in [-0.05, 0) is 0 Å². The van der Waals surface area contributed by atoms with Crippen molar-refractivity contribution in [2.75, 3.05) is 78.5 Å². The lowest BCUT2D eigenvalue weighted by molar-refractivity contribution is -1.03. The highest BCUT2D eigenvalue weighted by Gasteiger charge is 2.42. The van der Waals surface area contributed by atoms with Crippen molar-refractivity contribution in [2.24, 2.45) is 0 Å². The number of piperazine rings is 1. The first-order chi connectivity index (χ1) is 8.83. The molecule has 3 heterocycles. The van der Waals surface area contributed by atoms with Crippen LogP contribution in [0.1, 0.15) is 12.8 Å². The molecule has 2 N–H and O–H groups in total. The Morgan fingerprint density at radius 2 is 0.850 bits per heavy atom. The molecule has 4 nitrogen and oxygen atoms in total. The van der Waals surface area contributed by atoms with Gasteiger partial charge in [-0.2, -0.15) is 0 Å². The standard InChI is InChI=1S/C14H30N4.2BrH/c1-3-15-5-9-17(7-1)11-13-18(14-12-17)8-2-4-16-6-10-18;;/h15-16H,1-14H2;2*1H/q+2;;/p-2. The number of hydrogen-bond acceptors (Lipinski definition) is 2. The van der Waals surface area contributed by atoms with Crippen LogP contribution in [-0.2, 0) is 0 Å². The molecular formula is C14H30Br2N4. The van der Waals surface area contributed by atoms with E-state index in [9.17, 15) is 0 Å². The topological polar surface area (TPSA) is 24.1 Å². The molecule has 3 rings (SSSR count). The SMILES string of the molecule is C1CNCC[N+]2(C1)CC[N+]1(CCCNCC1)CC2.[Br-].[Br-]. The molecule has 6 heteroatoms. The maximum Gasteiger partial charge on any atom is 0.129 e. The first kappa shape index (κ1) is 18.8. The summed E-state index contributed by atoms with van der Waals surface area (Å²) in [5, 5.41) is 7.14. The zero-order valence-electron chi connectivity index (χ0n) is 12.5. The van der Waals surface area contributed by atoms with E-state index in [0.717, 1.165) is 0 Å². The lowest BCUT2D eigenvalue weighted by Gasteiger charge is -2.49. The summed E-state index contributed by atoms with van der Waals surface area (Å²) in [6.45, 7) is 16.3. The molecule has 3 aliphatic rings. The van der Waals surface area contributed by atoms with Gasteiger partial charge in [0.15, 0.2) is 0 Å². The minimum atomic E-state index is 0. The number of quaternary nitrogens is 2. The van der Waals surface area contributed by atoms with Crippen molar-refractivity contribution in [2.45, 2.75) is 12.8 Å². The predicted molar refractivity (Wildman–Crippen MR) is 74.4 cm³/mol. The molecular weight excluding hydrogens is 384 g/mol. The van der Waals surface area contributed by atoms with Crippen molar-refractivity contribution in [3.63, 3.8) is 0 Å². The molecule has 2 spiro atoms. The van der Waals surface area contributed by atoms with Crippen LogP contribution in [0.5, 0.6) is 0 Å². The van der Waals surface area contributed by atoms with Crippen LogP contribution in [-0.4, -0.2) is 87.5 Å². The first-order valence-corrected chi connectivity index (χ1v) is 7.94. The van der Waals surface area contributed by atoms with E-state index in [1.54, 1.807) is 0 Å². The molecule has 3 aliphatic heterocycles. The summed E-state index contributed by atoms with van der Waals surface area (Å²) in [6.07, 6.45) is 2.75. The molecule has 20 heavy (non-hydrogen) atoms. The number of nitrogens with one attached hydrogen (secondary N) is 2. The lowest BCUT2D eigenvalue weighted by atomic mass is 10.1. The summed E-state index contributed by atoms with van der Waals surface area (Å²) in [7, 11) is 0. The van der Waals surface area contributed by atoms with Gasteiger partial charge in [0.1, 0.15) is 26.2 Å². The fourth-order valence-electron chi connectivity index (χ4n) is 4.15. The zero-order chi connectivity index (χ0) is 12.3. The van der Waals surface area contributed by atoms with Gasteiger partial charge < -0.3 is 53.6 Å². The minimum absolute atomic E-state index is 0. The van der Waals surface area contributed by atoms with Gasteiger partial charge in [-0.3, -0.25) is 0 Å². The van der Waals surface area contributed by atoms with Gasteiger partial charge in [0, 0.05) is 39.0 Å². The van der Waals surface area contributed by atoms with E-state index in [0.29, 0.717) is 0 Å². The molecule has 0 amide bonds. The maximum absolute atomic E-state index is 3.57. The second kappa shape index (κ2) is 8.44. The van der Waals surface area contributed by atoms with Gasteiger partial charge in [0.2, 0.25) is 0 Å². The fourth-order valence-corrected chi connectivity index (χ4v) is 4.15. The van der Waals surface area contributed by atoms with Crippen molar-refractivity contribution in [1.82, 2.24) is 10.6 Å². The minimum Gasteiger partial charge on any atom is -1.00 e. The van der Waals surface area contributed by atoms with Crippen LogP contribution in [0, 0.1) is 0 Å². The van der Waals surface area contributed by atoms with Crippen LogP contribution >= 0.6 is 0 Å². The van der Waals surface area contributed by atoms with E-state index in [1.165, 1.54) is 100 Å². The van der Waals surface area contributed by atoms with Crippen LogP contribution in [0.4, 0.5) is 0 Å². The average Bonchev–Trinajstić information content (AvgIpc) is 2.76. The summed E-state index contributed by atoms with van der Waals surface area (Å²) in [6, 6.07) is 0. The molecule has 0 saturated carbocycles. The summed E-state index contributed by atoms with van der Waals surface area (Å²) in [5.41, 5.74) is 0. The monoisotopic (exact) mass is 412 g/mol. The summed E-state index contributed by atoms with van der Waals surface area (Å²) >= 11 is 0. The molecule has 0 aromatic carbocycles. The van der Waals surface area contributed by atoms with Crippen molar-refractivity contribution >= 4 is 0 Å². The number of nitrogens with zero attached hydrogens (tertiary/aromatic N) is 2. The van der Waals surface area contributed by atoms with Crippen LogP contribution < -0.4 is 44.6 Å². The zero-order valence-corrected chi connectivity index (χ0v) is 15.7. The molecule has 0 atom stereocenters. The number of hydrogen-bond donors (Lipinski definition) is 2. The Balaban J connectivity index is 0.000001000. The van der Waals surface area contributed by atoms with E-state index in [4.69, 9.17) is 0 Å². The van der Waals surface area contributed by atoms with Gasteiger partial charge >= 0.3 is 0 Å². The van der Waals surface area contributed by atoms with E-state index in [2.05, 4.69) is 10.6 Å². The third kappa shape index (κ3) is 4.40. The van der Waals surface area contributed by atoms with Gasteiger partial charge in [0.25, 0.3) is 0 Å². The third-order valence-electron chi connectivity index (χ3n) is 5.60. The fraction of sp³-hybridized carbons (Fsp3) is 1.00. The highest BCUT2D eigenvalue weighted by atomic mass is 79.9. The van der Waals surface area contributed by atoms with E-state index >= 15 is 0 Å². The second-order valence-corrected chi connectivity index (χ2v) is 6.68.